The molecule has 15 aromatic rings. The third-order valence-corrected chi connectivity index (χ3v) is 14.9. The summed E-state index contributed by atoms with van der Waals surface area (Å²) >= 11 is 0. The van der Waals surface area contributed by atoms with E-state index in [2.05, 4.69) is 268 Å². The van der Waals surface area contributed by atoms with Crippen LogP contribution in [0.1, 0.15) is 0 Å². The Kier molecular flexibility index (Phi) is 9.78. The molecule has 4 aromatic heterocycles. The highest BCUT2D eigenvalue weighted by atomic mass is 15.0. The second-order valence-corrected chi connectivity index (χ2v) is 19.2. The minimum atomic E-state index is 0.602. The molecule has 350 valence electrons. The van der Waals surface area contributed by atoms with Gasteiger partial charge in [-0.05, 0) is 119 Å². The minimum absolute atomic E-state index is 0.602. The van der Waals surface area contributed by atoms with E-state index in [1.807, 2.05) is 12.1 Å². The first kappa shape index (κ1) is 42.5. The van der Waals surface area contributed by atoms with Crippen LogP contribution < -0.4 is 0 Å². The maximum Gasteiger partial charge on any atom is 0.164 e. The van der Waals surface area contributed by atoms with Crippen LogP contribution in [0.4, 0.5) is 0 Å². The molecule has 11 aromatic carbocycles. The Morgan fingerprint density at radius 3 is 0.907 bits per heavy atom. The molecule has 6 nitrogen and oxygen atoms in total. The van der Waals surface area contributed by atoms with E-state index in [0.29, 0.717) is 17.5 Å². The Hall–Kier alpha value is -10.2. The SMILES string of the molecule is c1ccc(-c2cccc(-c3nc(-c4ccc(-n5c6ccc(-n7c8ccccc8c8ccccc87)cc6c6cc(-n7c8ccccc8c8ccccc87)ccc65)cc4)nc(-c4cccc(-c5ccccc5)c4)n3)c2)cc1. The van der Waals surface area contributed by atoms with Crippen LogP contribution in [-0.2, 0) is 0 Å². The molecule has 0 aliphatic carbocycles. The highest BCUT2D eigenvalue weighted by Gasteiger charge is 2.20. The summed E-state index contributed by atoms with van der Waals surface area (Å²) in [7, 11) is 0. The average Bonchev–Trinajstić information content (AvgIpc) is 4.13. The summed E-state index contributed by atoms with van der Waals surface area (Å²) in [5.41, 5.74) is 17.4. The molecule has 0 unspecified atom stereocenters. The first-order chi connectivity index (χ1) is 37.2. The molecule has 0 saturated heterocycles. The number of fused-ring (bicyclic) bond motifs is 9. The lowest BCUT2D eigenvalue weighted by Gasteiger charge is -2.12. The molecular weight excluding hydrogens is 913 g/mol. The van der Waals surface area contributed by atoms with Gasteiger partial charge in [0.2, 0.25) is 0 Å². The molecule has 0 N–H and O–H groups in total. The number of para-hydroxylation sites is 4. The maximum atomic E-state index is 5.23. The lowest BCUT2D eigenvalue weighted by atomic mass is 10.0. The third kappa shape index (κ3) is 7.07. The second kappa shape index (κ2) is 17.3. The highest BCUT2D eigenvalue weighted by Crippen LogP contribution is 2.40. The van der Waals surface area contributed by atoms with E-state index >= 15 is 0 Å². The van der Waals surface area contributed by atoms with Crippen LogP contribution in [-0.4, -0.2) is 28.7 Å². The van der Waals surface area contributed by atoms with Crippen LogP contribution >= 0.6 is 0 Å². The van der Waals surface area contributed by atoms with E-state index < -0.39 is 0 Å². The molecule has 6 heteroatoms. The molecule has 0 atom stereocenters. The fourth-order valence-electron chi connectivity index (χ4n) is 11.4. The summed E-state index contributed by atoms with van der Waals surface area (Å²) in [4.78, 5) is 15.6. The van der Waals surface area contributed by atoms with Crippen molar-refractivity contribution in [3.8, 4) is 73.5 Å². The van der Waals surface area contributed by atoms with Crippen molar-refractivity contribution in [3.05, 3.63) is 267 Å². The number of rotatable bonds is 8. The topological polar surface area (TPSA) is 53.5 Å². The summed E-state index contributed by atoms with van der Waals surface area (Å²) in [6.45, 7) is 0. The molecule has 0 spiro atoms. The molecular formula is C69H44N6. The summed E-state index contributed by atoms with van der Waals surface area (Å²) in [6.07, 6.45) is 0. The lowest BCUT2D eigenvalue weighted by molar-refractivity contribution is 1.07. The monoisotopic (exact) mass is 956 g/mol. The zero-order valence-electron chi connectivity index (χ0n) is 40.6. The van der Waals surface area contributed by atoms with Crippen molar-refractivity contribution in [1.29, 1.82) is 0 Å². The van der Waals surface area contributed by atoms with Gasteiger partial charge in [-0.2, -0.15) is 0 Å². The quantitative estimate of drug-likeness (QED) is 0.152. The van der Waals surface area contributed by atoms with E-state index in [1.54, 1.807) is 0 Å². The molecule has 75 heavy (non-hydrogen) atoms. The number of aromatic nitrogens is 6. The van der Waals surface area contributed by atoms with Gasteiger partial charge >= 0.3 is 0 Å². The molecule has 0 aliphatic heterocycles. The Morgan fingerprint density at radius 2 is 0.493 bits per heavy atom. The zero-order valence-corrected chi connectivity index (χ0v) is 40.6. The lowest BCUT2D eigenvalue weighted by Crippen LogP contribution is -2.01. The Bertz CT molecular complexity index is 4320. The standard InChI is InChI=1S/C69H44N6/c1-3-17-45(18-4-1)48-21-15-23-50(41-48)68-70-67(71-69(72-68)51-24-16-22-49(42-51)46-19-5-2-6-20-46)47-33-35-52(36-34-47)73-65-39-37-53(74-61-29-11-7-25-55(61)56-26-8-12-30-62(56)74)43-59(65)60-44-54(38-40-66(60)73)75-63-31-13-9-27-57(63)58-28-10-14-32-64(58)75/h1-44H. The van der Waals surface area contributed by atoms with Crippen LogP contribution in [0, 0.1) is 0 Å². The van der Waals surface area contributed by atoms with E-state index in [0.717, 1.165) is 67.0 Å². The van der Waals surface area contributed by atoms with Gasteiger partial charge in [0.1, 0.15) is 0 Å². The van der Waals surface area contributed by atoms with Crippen LogP contribution in [0.5, 0.6) is 0 Å². The zero-order chi connectivity index (χ0) is 49.4. The average molecular weight is 957 g/mol. The van der Waals surface area contributed by atoms with E-state index in [1.165, 1.54) is 54.4 Å². The maximum absolute atomic E-state index is 5.23. The molecule has 0 fully saturated rings. The van der Waals surface area contributed by atoms with Crippen LogP contribution in [0.15, 0.2) is 267 Å². The Morgan fingerprint density at radius 1 is 0.187 bits per heavy atom. The van der Waals surface area contributed by atoms with Crippen molar-refractivity contribution < 1.29 is 0 Å². The number of hydrogen-bond donors (Lipinski definition) is 0. The van der Waals surface area contributed by atoms with Gasteiger partial charge in [-0.3, -0.25) is 0 Å². The summed E-state index contributed by atoms with van der Waals surface area (Å²) in [5, 5.41) is 7.29. The van der Waals surface area contributed by atoms with Crippen molar-refractivity contribution in [3.63, 3.8) is 0 Å². The van der Waals surface area contributed by atoms with Gasteiger partial charge in [-0.15, -0.1) is 0 Å². The fraction of sp³-hybridized carbons (Fsp3) is 0. The predicted molar refractivity (Wildman–Crippen MR) is 310 cm³/mol. The van der Waals surface area contributed by atoms with Crippen molar-refractivity contribution in [2.45, 2.75) is 0 Å². The van der Waals surface area contributed by atoms with E-state index in [4.69, 9.17) is 15.0 Å². The van der Waals surface area contributed by atoms with Crippen LogP contribution in [0.25, 0.3) is 139 Å². The molecule has 4 heterocycles. The molecule has 0 amide bonds. The molecule has 0 saturated carbocycles. The molecule has 0 aliphatic rings. The van der Waals surface area contributed by atoms with Gasteiger partial charge in [-0.1, -0.05) is 170 Å². The summed E-state index contributed by atoms with van der Waals surface area (Å²) < 4.78 is 7.21. The largest absolute Gasteiger partial charge is 0.309 e. The Balaban J connectivity index is 0.904. The Labute approximate surface area is 432 Å². The van der Waals surface area contributed by atoms with Gasteiger partial charge in [-0.25, -0.2) is 15.0 Å². The summed E-state index contributed by atoms with van der Waals surface area (Å²) in [5.74, 6) is 1.83. The number of hydrogen-bond acceptors (Lipinski definition) is 3. The van der Waals surface area contributed by atoms with Crippen molar-refractivity contribution in [1.82, 2.24) is 28.7 Å². The minimum Gasteiger partial charge on any atom is -0.309 e. The summed E-state index contributed by atoms with van der Waals surface area (Å²) in [6, 6.07) is 95.3. The molecule has 0 radical (unpaired) electrons. The van der Waals surface area contributed by atoms with Gasteiger partial charge in [0, 0.05) is 66.1 Å². The number of nitrogens with zero attached hydrogens (tertiary/aromatic N) is 6. The number of benzene rings is 11. The van der Waals surface area contributed by atoms with Gasteiger partial charge in [0.25, 0.3) is 0 Å². The normalized spacial score (nSPS) is 11.7. The first-order valence-electron chi connectivity index (χ1n) is 25.4. The fourth-order valence-corrected chi connectivity index (χ4v) is 11.4. The molecule has 15 rings (SSSR count). The smallest absolute Gasteiger partial charge is 0.164 e. The molecule has 0 bridgehead atoms. The van der Waals surface area contributed by atoms with E-state index in [-0.39, 0.29) is 0 Å². The predicted octanol–water partition coefficient (Wildman–Crippen LogP) is 17.5. The van der Waals surface area contributed by atoms with Crippen molar-refractivity contribution in [2.24, 2.45) is 0 Å². The first-order valence-corrected chi connectivity index (χ1v) is 25.4. The van der Waals surface area contributed by atoms with Gasteiger partial charge in [0.15, 0.2) is 17.5 Å². The highest BCUT2D eigenvalue weighted by molar-refractivity contribution is 6.14. The van der Waals surface area contributed by atoms with Crippen LogP contribution in [0.2, 0.25) is 0 Å². The van der Waals surface area contributed by atoms with Crippen molar-refractivity contribution >= 4 is 65.4 Å². The second-order valence-electron chi connectivity index (χ2n) is 19.2. The van der Waals surface area contributed by atoms with Crippen LogP contribution in [0.3, 0.4) is 0 Å². The van der Waals surface area contributed by atoms with E-state index in [9.17, 15) is 0 Å². The van der Waals surface area contributed by atoms with Gasteiger partial charge in [0.05, 0.1) is 33.1 Å². The van der Waals surface area contributed by atoms with Crippen molar-refractivity contribution in [2.75, 3.05) is 0 Å². The third-order valence-electron chi connectivity index (χ3n) is 14.9. The van der Waals surface area contributed by atoms with Gasteiger partial charge < -0.3 is 13.7 Å².